The molecule has 4 nitrogen and oxygen atoms in total. The Kier molecular flexibility index (Phi) is 3.17. The van der Waals surface area contributed by atoms with E-state index in [1.54, 1.807) is 0 Å². The molecule has 0 bridgehead atoms. The Bertz CT molecular complexity index is 857. The molecule has 2 heterocycles. The summed E-state index contributed by atoms with van der Waals surface area (Å²) in [6.07, 6.45) is 0. The van der Waals surface area contributed by atoms with Gasteiger partial charge in [-0.2, -0.15) is 5.10 Å². The largest absolute Gasteiger partial charge is 0.277 e. The van der Waals surface area contributed by atoms with Crippen LogP contribution in [-0.4, -0.2) is 14.8 Å². The van der Waals surface area contributed by atoms with Crippen molar-refractivity contribution in [2.24, 2.45) is 0 Å². The first-order chi connectivity index (χ1) is 9.88. The van der Waals surface area contributed by atoms with Crippen molar-refractivity contribution in [3.05, 3.63) is 45.6 Å². The van der Waals surface area contributed by atoms with E-state index in [0.717, 1.165) is 16.3 Å². The molecule has 0 saturated heterocycles. The summed E-state index contributed by atoms with van der Waals surface area (Å²) in [6, 6.07) is 9.79. The zero-order valence-electron chi connectivity index (χ0n) is 12.5. The molecule has 0 aliphatic rings. The van der Waals surface area contributed by atoms with E-state index < -0.39 is 0 Å². The van der Waals surface area contributed by atoms with Crippen LogP contribution in [0.2, 0.25) is 0 Å². The third-order valence-corrected chi connectivity index (χ3v) is 4.20. The average Bonchev–Trinajstić information content (AvgIpc) is 2.77. The van der Waals surface area contributed by atoms with Crippen molar-refractivity contribution in [3.8, 4) is 10.6 Å². The lowest BCUT2D eigenvalue weighted by atomic mass is 10.1. The number of aromatic nitrogens is 3. The smallest absolute Gasteiger partial charge is 0.247 e. The highest BCUT2D eigenvalue weighted by Gasteiger charge is 2.22. The van der Waals surface area contributed by atoms with Crippen molar-refractivity contribution in [1.29, 1.82) is 0 Å². The van der Waals surface area contributed by atoms with E-state index in [2.05, 4.69) is 25.9 Å². The molecule has 0 aliphatic carbocycles. The number of hydrogen-bond acceptors (Lipinski definition) is 4. The van der Waals surface area contributed by atoms with Gasteiger partial charge in [-0.25, -0.2) is 9.67 Å². The van der Waals surface area contributed by atoms with Crippen LogP contribution in [0.5, 0.6) is 0 Å². The van der Waals surface area contributed by atoms with Crippen molar-refractivity contribution in [2.75, 3.05) is 0 Å². The van der Waals surface area contributed by atoms with Gasteiger partial charge in [0.25, 0.3) is 0 Å². The van der Waals surface area contributed by atoms with Crippen molar-refractivity contribution in [1.82, 2.24) is 14.8 Å². The van der Waals surface area contributed by atoms with Gasteiger partial charge in [-0.15, -0.1) is 0 Å². The summed E-state index contributed by atoms with van der Waals surface area (Å²) in [7, 11) is 0. The SMILES string of the molecule is Cc1nn(C(C)(C)C)c2nc(-c3ccccc3)sc(=O)c12. The molecular formula is C16H17N3OS. The average molecular weight is 299 g/mol. The first kappa shape index (κ1) is 13.9. The molecule has 108 valence electrons. The van der Waals surface area contributed by atoms with E-state index in [4.69, 9.17) is 4.98 Å². The molecule has 21 heavy (non-hydrogen) atoms. The van der Waals surface area contributed by atoms with Crippen LogP contribution in [0.25, 0.3) is 21.6 Å². The van der Waals surface area contributed by atoms with Crippen LogP contribution >= 0.6 is 11.3 Å². The number of rotatable bonds is 1. The standard InChI is InChI=1S/C16H17N3OS/c1-10-12-13(19(18-10)16(2,3)4)17-14(21-15(12)20)11-8-6-5-7-9-11/h5-9H,1-4H3. The third kappa shape index (κ3) is 2.38. The highest BCUT2D eigenvalue weighted by Crippen LogP contribution is 2.26. The Morgan fingerprint density at radius 1 is 1.14 bits per heavy atom. The van der Waals surface area contributed by atoms with Gasteiger partial charge < -0.3 is 0 Å². The molecule has 5 heteroatoms. The molecule has 0 aliphatic heterocycles. The van der Waals surface area contributed by atoms with Crippen molar-refractivity contribution in [2.45, 2.75) is 33.2 Å². The molecule has 2 aromatic heterocycles. The normalized spacial score (nSPS) is 12.0. The predicted octanol–water partition coefficient (Wildman–Crippen LogP) is 3.58. The Balaban J connectivity index is 2.36. The molecule has 3 rings (SSSR count). The first-order valence-electron chi connectivity index (χ1n) is 6.84. The van der Waals surface area contributed by atoms with E-state index in [1.165, 1.54) is 11.3 Å². The van der Waals surface area contributed by atoms with Gasteiger partial charge in [0, 0.05) is 5.56 Å². The molecule has 1 aromatic carbocycles. The minimum absolute atomic E-state index is 0.0202. The van der Waals surface area contributed by atoms with Crippen LogP contribution in [0, 0.1) is 6.92 Å². The summed E-state index contributed by atoms with van der Waals surface area (Å²) in [6.45, 7) is 8.04. The molecule has 0 atom stereocenters. The van der Waals surface area contributed by atoms with Gasteiger partial charge in [-0.1, -0.05) is 41.7 Å². The highest BCUT2D eigenvalue weighted by atomic mass is 32.1. The fourth-order valence-electron chi connectivity index (χ4n) is 2.29. The second kappa shape index (κ2) is 4.77. The maximum Gasteiger partial charge on any atom is 0.247 e. The minimum atomic E-state index is -0.216. The molecule has 0 saturated carbocycles. The number of nitrogens with zero attached hydrogens (tertiary/aromatic N) is 3. The van der Waals surface area contributed by atoms with Gasteiger partial charge in [-0.05, 0) is 27.7 Å². The molecule has 0 spiro atoms. The summed E-state index contributed by atoms with van der Waals surface area (Å²) >= 11 is 1.18. The van der Waals surface area contributed by atoms with Gasteiger partial charge in [0.05, 0.1) is 11.2 Å². The lowest BCUT2D eigenvalue weighted by Crippen LogP contribution is -2.23. The zero-order valence-corrected chi connectivity index (χ0v) is 13.4. The van der Waals surface area contributed by atoms with Gasteiger partial charge in [0.2, 0.25) is 4.74 Å². The van der Waals surface area contributed by atoms with Crippen LogP contribution < -0.4 is 4.74 Å². The minimum Gasteiger partial charge on any atom is -0.277 e. The molecule has 0 unspecified atom stereocenters. The summed E-state index contributed by atoms with van der Waals surface area (Å²) in [4.78, 5) is 17.2. The summed E-state index contributed by atoms with van der Waals surface area (Å²) in [5.41, 5.74) is 2.16. The Morgan fingerprint density at radius 2 is 1.81 bits per heavy atom. The molecular weight excluding hydrogens is 282 g/mol. The number of aryl methyl sites for hydroxylation is 1. The van der Waals surface area contributed by atoms with Crippen molar-refractivity contribution >= 4 is 22.4 Å². The van der Waals surface area contributed by atoms with Crippen LogP contribution in [-0.2, 0) is 5.54 Å². The molecule has 0 radical (unpaired) electrons. The van der Waals surface area contributed by atoms with Crippen molar-refractivity contribution in [3.63, 3.8) is 0 Å². The molecule has 0 amide bonds. The van der Waals surface area contributed by atoms with Gasteiger partial charge in [0.1, 0.15) is 10.4 Å². The van der Waals surface area contributed by atoms with Gasteiger partial charge in [0.15, 0.2) is 5.65 Å². The predicted molar refractivity (Wildman–Crippen MR) is 86.8 cm³/mol. The maximum absolute atomic E-state index is 12.5. The molecule has 0 N–H and O–H groups in total. The van der Waals surface area contributed by atoms with Crippen LogP contribution in [0.15, 0.2) is 35.1 Å². The van der Waals surface area contributed by atoms with Gasteiger partial charge >= 0.3 is 0 Å². The lowest BCUT2D eigenvalue weighted by molar-refractivity contribution is 0.364. The summed E-state index contributed by atoms with van der Waals surface area (Å²) in [5, 5.41) is 5.89. The monoisotopic (exact) mass is 299 g/mol. The Hall–Kier alpha value is -2.01. The van der Waals surface area contributed by atoms with E-state index in [-0.39, 0.29) is 10.3 Å². The second-order valence-corrected chi connectivity index (χ2v) is 7.00. The molecule has 3 aromatic rings. The van der Waals surface area contributed by atoms with E-state index in [9.17, 15) is 4.79 Å². The summed E-state index contributed by atoms with van der Waals surface area (Å²) in [5.74, 6) is 0. The van der Waals surface area contributed by atoms with Crippen LogP contribution in [0.1, 0.15) is 26.5 Å². The van der Waals surface area contributed by atoms with Crippen LogP contribution in [0.4, 0.5) is 0 Å². The fourth-order valence-corrected chi connectivity index (χ4v) is 3.19. The van der Waals surface area contributed by atoms with Crippen LogP contribution in [0.3, 0.4) is 0 Å². The lowest BCUT2D eigenvalue weighted by Gasteiger charge is -2.19. The molecule has 0 fully saturated rings. The second-order valence-electron chi connectivity index (χ2n) is 6.04. The highest BCUT2D eigenvalue weighted by molar-refractivity contribution is 7.13. The number of fused-ring (bicyclic) bond motifs is 1. The van der Waals surface area contributed by atoms with E-state index >= 15 is 0 Å². The van der Waals surface area contributed by atoms with Crippen molar-refractivity contribution < 1.29 is 0 Å². The maximum atomic E-state index is 12.5. The quantitative estimate of drug-likeness (QED) is 0.690. The third-order valence-electron chi connectivity index (χ3n) is 3.29. The zero-order chi connectivity index (χ0) is 15.2. The topological polar surface area (TPSA) is 47.8 Å². The fraction of sp³-hybridized carbons (Fsp3) is 0.312. The van der Waals surface area contributed by atoms with E-state index in [1.807, 2.05) is 41.9 Å². The van der Waals surface area contributed by atoms with E-state index in [0.29, 0.717) is 11.0 Å². The Morgan fingerprint density at radius 3 is 2.43 bits per heavy atom. The Labute approximate surface area is 127 Å². The summed E-state index contributed by atoms with van der Waals surface area (Å²) < 4.78 is 1.87. The first-order valence-corrected chi connectivity index (χ1v) is 7.66. The number of benzene rings is 1. The number of hydrogen-bond donors (Lipinski definition) is 0. The van der Waals surface area contributed by atoms with Gasteiger partial charge in [-0.3, -0.25) is 4.79 Å².